The van der Waals surface area contributed by atoms with Gasteiger partial charge in [-0.25, -0.2) is 0 Å². The van der Waals surface area contributed by atoms with Gasteiger partial charge in [0.2, 0.25) is 0 Å². The second-order valence-electron chi connectivity index (χ2n) is 6.69. The van der Waals surface area contributed by atoms with Crippen LogP contribution in [0.25, 0.3) is 0 Å². The highest BCUT2D eigenvalue weighted by Crippen LogP contribution is 2.38. The normalized spacial score (nSPS) is 26.0. The quantitative estimate of drug-likeness (QED) is 0.806. The predicted molar refractivity (Wildman–Crippen MR) is 78.0 cm³/mol. The Kier molecular flexibility index (Phi) is 5.05. The molecule has 0 bridgehead atoms. The van der Waals surface area contributed by atoms with Crippen molar-refractivity contribution in [2.45, 2.75) is 44.6 Å². The molecule has 0 unspecified atom stereocenters. The van der Waals surface area contributed by atoms with Crippen LogP contribution in [0.2, 0.25) is 0 Å². The Hall–Kier alpha value is -0.120. The lowest BCUT2D eigenvalue weighted by molar-refractivity contribution is 0.0945. The third-order valence-electron chi connectivity index (χ3n) is 5.11. The molecule has 1 aliphatic heterocycles. The molecule has 2 aliphatic rings. The number of nitrogens with one attached hydrogen (secondary N) is 1. The van der Waals surface area contributed by atoms with Gasteiger partial charge >= 0.3 is 0 Å². The first-order valence-electron chi connectivity index (χ1n) is 7.69. The van der Waals surface area contributed by atoms with Crippen LogP contribution in [0, 0.1) is 5.41 Å². The third-order valence-corrected chi connectivity index (χ3v) is 5.11. The van der Waals surface area contributed by atoms with Crippen LogP contribution < -0.4 is 5.32 Å². The Morgan fingerprint density at radius 3 is 2.39 bits per heavy atom. The number of hydrogen-bond acceptors (Lipinski definition) is 3. The second kappa shape index (κ2) is 6.36. The summed E-state index contributed by atoms with van der Waals surface area (Å²) in [6, 6.07) is 0.815. The van der Waals surface area contributed by atoms with E-state index in [0.29, 0.717) is 5.41 Å². The van der Waals surface area contributed by atoms with E-state index in [1.807, 2.05) is 0 Å². The zero-order valence-corrected chi connectivity index (χ0v) is 12.5. The highest BCUT2D eigenvalue weighted by atomic mass is 15.2. The molecule has 0 atom stereocenters. The molecule has 106 valence electrons. The van der Waals surface area contributed by atoms with E-state index in [-0.39, 0.29) is 0 Å². The van der Waals surface area contributed by atoms with E-state index in [2.05, 4.69) is 36.3 Å². The van der Waals surface area contributed by atoms with Crippen molar-refractivity contribution < 1.29 is 0 Å². The maximum atomic E-state index is 3.43. The average molecular weight is 253 g/mol. The second-order valence-corrected chi connectivity index (χ2v) is 6.69. The topological polar surface area (TPSA) is 18.5 Å². The highest BCUT2D eigenvalue weighted by molar-refractivity contribution is 4.90. The standard InChI is InChI=1S/C15H31N3/c1-16-12-15(8-4-5-9-15)13-18(3)14-6-10-17(2)11-7-14/h14,16H,4-13H2,1-3H3. The first kappa shape index (κ1) is 14.3. The van der Waals surface area contributed by atoms with Crippen LogP contribution >= 0.6 is 0 Å². The summed E-state index contributed by atoms with van der Waals surface area (Å²) >= 11 is 0. The minimum absolute atomic E-state index is 0.562. The average Bonchev–Trinajstić information content (AvgIpc) is 2.79. The zero-order valence-electron chi connectivity index (χ0n) is 12.5. The molecule has 1 saturated carbocycles. The largest absolute Gasteiger partial charge is 0.319 e. The molecule has 3 heteroatoms. The molecule has 2 rings (SSSR count). The summed E-state index contributed by atoms with van der Waals surface area (Å²) in [5.41, 5.74) is 0.562. The minimum atomic E-state index is 0.562. The van der Waals surface area contributed by atoms with Crippen molar-refractivity contribution >= 4 is 0 Å². The smallest absolute Gasteiger partial charge is 0.0117 e. The Morgan fingerprint density at radius 1 is 1.22 bits per heavy atom. The number of piperidine rings is 1. The molecule has 1 aliphatic carbocycles. The number of likely N-dealkylation sites (tertiary alicyclic amines) is 1. The molecule has 0 aromatic rings. The maximum absolute atomic E-state index is 3.43. The fraction of sp³-hybridized carbons (Fsp3) is 1.00. The van der Waals surface area contributed by atoms with Gasteiger partial charge in [0, 0.05) is 19.1 Å². The van der Waals surface area contributed by atoms with Gasteiger partial charge in [0.1, 0.15) is 0 Å². The molecule has 0 spiro atoms. The molecule has 18 heavy (non-hydrogen) atoms. The van der Waals surface area contributed by atoms with Gasteiger partial charge in [-0.05, 0) is 65.3 Å². The summed E-state index contributed by atoms with van der Waals surface area (Å²) in [5.74, 6) is 0. The van der Waals surface area contributed by atoms with Crippen LogP contribution in [0.5, 0.6) is 0 Å². The van der Waals surface area contributed by atoms with Crippen LogP contribution in [0.4, 0.5) is 0 Å². The van der Waals surface area contributed by atoms with Crippen LogP contribution in [0.1, 0.15) is 38.5 Å². The number of rotatable bonds is 5. The van der Waals surface area contributed by atoms with Crippen LogP contribution in [-0.4, -0.2) is 63.2 Å². The van der Waals surface area contributed by atoms with Crippen molar-refractivity contribution in [2.75, 3.05) is 47.3 Å². The highest BCUT2D eigenvalue weighted by Gasteiger charge is 2.35. The molecule has 1 N–H and O–H groups in total. The van der Waals surface area contributed by atoms with Crippen LogP contribution in [0.15, 0.2) is 0 Å². The van der Waals surface area contributed by atoms with E-state index >= 15 is 0 Å². The van der Waals surface area contributed by atoms with Crippen molar-refractivity contribution in [3.05, 3.63) is 0 Å². The lowest BCUT2D eigenvalue weighted by atomic mass is 9.84. The molecule has 0 aromatic carbocycles. The fourth-order valence-electron chi connectivity index (χ4n) is 3.98. The Bertz CT molecular complexity index is 240. The predicted octanol–water partition coefficient (Wildman–Crippen LogP) is 1.79. The molecule has 0 aromatic heterocycles. The molecule has 1 saturated heterocycles. The van der Waals surface area contributed by atoms with E-state index in [1.54, 1.807) is 0 Å². The first-order chi connectivity index (χ1) is 8.65. The Morgan fingerprint density at radius 2 is 1.83 bits per heavy atom. The van der Waals surface area contributed by atoms with Gasteiger partial charge in [-0.1, -0.05) is 12.8 Å². The summed E-state index contributed by atoms with van der Waals surface area (Å²) < 4.78 is 0. The van der Waals surface area contributed by atoms with Gasteiger partial charge in [0.15, 0.2) is 0 Å². The third kappa shape index (κ3) is 3.46. The minimum Gasteiger partial charge on any atom is -0.319 e. The monoisotopic (exact) mass is 253 g/mol. The summed E-state index contributed by atoms with van der Waals surface area (Å²) in [6.07, 6.45) is 8.41. The summed E-state index contributed by atoms with van der Waals surface area (Å²) in [6.45, 7) is 5.04. The van der Waals surface area contributed by atoms with Gasteiger partial charge < -0.3 is 15.1 Å². The van der Waals surface area contributed by atoms with Gasteiger partial charge in [0.05, 0.1) is 0 Å². The van der Waals surface area contributed by atoms with E-state index in [1.165, 1.54) is 64.7 Å². The van der Waals surface area contributed by atoms with E-state index in [0.717, 1.165) is 6.04 Å². The van der Waals surface area contributed by atoms with Gasteiger partial charge in [0.25, 0.3) is 0 Å². The van der Waals surface area contributed by atoms with Crippen molar-refractivity contribution in [3.63, 3.8) is 0 Å². The fourth-order valence-corrected chi connectivity index (χ4v) is 3.98. The first-order valence-corrected chi connectivity index (χ1v) is 7.69. The van der Waals surface area contributed by atoms with Crippen molar-refractivity contribution in [1.29, 1.82) is 0 Å². The van der Waals surface area contributed by atoms with E-state index in [4.69, 9.17) is 0 Å². The Labute approximate surface area is 113 Å². The van der Waals surface area contributed by atoms with Crippen LogP contribution in [0.3, 0.4) is 0 Å². The molecule has 0 radical (unpaired) electrons. The van der Waals surface area contributed by atoms with E-state index < -0.39 is 0 Å². The van der Waals surface area contributed by atoms with Crippen LogP contribution in [-0.2, 0) is 0 Å². The summed E-state index contributed by atoms with van der Waals surface area (Å²) in [7, 11) is 6.71. The van der Waals surface area contributed by atoms with Crippen molar-refractivity contribution in [1.82, 2.24) is 15.1 Å². The zero-order chi connectivity index (χ0) is 13.0. The van der Waals surface area contributed by atoms with Gasteiger partial charge in [-0.15, -0.1) is 0 Å². The molecule has 1 heterocycles. The summed E-state index contributed by atoms with van der Waals surface area (Å²) in [5, 5.41) is 3.43. The van der Waals surface area contributed by atoms with E-state index in [9.17, 15) is 0 Å². The van der Waals surface area contributed by atoms with Crippen molar-refractivity contribution in [3.8, 4) is 0 Å². The lowest BCUT2D eigenvalue weighted by Crippen LogP contribution is -2.47. The van der Waals surface area contributed by atoms with Crippen molar-refractivity contribution in [2.24, 2.45) is 5.41 Å². The molecular formula is C15H31N3. The van der Waals surface area contributed by atoms with Gasteiger partial charge in [-0.3, -0.25) is 0 Å². The molecule has 2 fully saturated rings. The number of nitrogens with zero attached hydrogens (tertiary/aromatic N) is 2. The lowest BCUT2D eigenvalue weighted by Gasteiger charge is -2.40. The Balaban J connectivity index is 1.86. The summed E-state index contributed by atoms with van der Waals surface area (Å²) in [4.78, 5) is 5.12. The van der Waals surface area contributed by atoms with Gasteiger partial charge in [-0.2, -0.15) is 0 Å². The molecule has 3 nitrogen and oxygen atoms in total. The SMILES string of the molecule is CNCC1(CN(C)C2CCN(C)CC2)CCCC1. The maximum Gasteiger partial charge on any atom is 0.0117 e. The molecular weight excluding hydrogens is 222 g/mol. The molecule has 0 amide bonds. The number of hydrogen-bond donors (Lipinski definition) is 1.